The lowest BCUT2D eigenvalue weighted by molar-refractivity contribution is -0.142. The maximum Gasteiger partial charge on any atom is 0.407 e. The third kappa shape index (κ3) is 8.84. The van der Waals surface area contributed by atoms with E-state index in [0.717, 1.165) is 6.42 Å². The first-order valence-corrected chi connectivity index (χ1v) is 6.35. The summed E-state index contributed by atoms with van der Waals surface area (Å²) in [5.41, 5.74) is 0. The third-order valence-corrected chi connectivity index (χ3v) is 2.34. The summed E-state index contributed by atoms with van der Waals surface area (Å²) in [7, 11) is 1.36. The molecule has 0 aliphatic rings. The van der Waals surface area contributed by atoms with Gasteiger partial charge in [-0.1, -0.05) is 13.8 Å². The molecule has 1 N–H and O–H groups in total. The topological polar surface area (TPSA) is 64.6 Å². The standard InChI is InChI=1S/C13H25NO4/c1-9(2)6-11(7-12(15)17-5)8-18-13(16)14-10(3)4/h9-11H,6-8H2,1-5H3,(H,14,16). The highest BCUT2D eigenvalue weighted by molar-refractivity contribution is 5.70. The van der Waals surface area contributed by atoms with Crippen LogP contribution in [0.2, 0.25) is 0 Å². The molecule has 0 spiro atoms. The van der Waals surface area contributed by atoms with Crippen LogP contribution in [0.15, 0.2) is 0 Å². The number of carbonyl (C=O) groups excluding carboxylic acids is 2. The molecule has 0 heterocycles. The predicted molar refractivity (Wildman–Crippen MR) is 69.2 cm³/mol. The van der Waals surface area contributed by atoms with Crippen molar-refractivity contribution in [1.82, 2.24) is 5.32 Å². The van der Waals surface area contributed by atoms with Crippen LogP contribution in [-0.2, 0) is 14.3 Å². The first-order valence-electron chi connectivity index (χ1n) is 6.35. The van der Waals surface area contributed by atoms with E-state index in [1.807, 2.05) is 13.8 Å². The number of methoxy groups -OCH3 is 1. The Morgan fingerprint density at radius 2 is 1.78 bits per heavy atom. The largest absolute Gasteiger partial charge is 0.469 e. The Balaban J connectivity index is 4.15. The van der Waals surface area contributed by atoms with Gasteiger partial charge in [0.2, 0.25) is 0 Å². The Kier molecular flexibility index (Phi) is 8.16. The van der Waals surface area contributed by atoms with E-state index in [9.17, 15) is 9.59 Å². The maximum absolute atomic E-state index is 11.3. The lowest BCUT2D eigenvalue weighted by atomic mass is 9.95. The van der Waals surface area contributed by atoms with Gasteiger partial charge in [0.25, 0.3) is 0 Å². The highest BCUT2D eigenvalue weighted by atomic mass is 16.5. The SMILES string of the molecule is COC(=O)CC(COC(=O)NC(C)C)CC(C)C. The average molecular weight is 259 g/mol. The number of carbonyl (C=O) groups is 2. The van der Waals surface area contributed by atoms with Crippen LogP contribution in [0, 0.1) is 11.8 Å². The molecule has 0 aliphatic carbocycles. The zero-order chi connectivity index (χ0) is 14.1. The molecular formula is C13H25NO4. The Labute approximate surface area is 109 Å². The second-order valence-electron chi connectivity index (χ2n) is 5.17. The van der Waals surface area contributed by atoms with Crippen LogP contribution in [0.3, 0.4) is 0 Å². The molecule has 0 rings (SSSR count). The molecule has 0 fully saturated rings. The quantitative estimate of drug-likeness (QED) is 0.713. The predicted octanol–water partition coefficient (Wildman–Crippen LogP) is 2.35. The molecule has 5 heteroatoms. The van der Waals surface area contributed by atoms with Gasteiger partial charge in [0.15, 0.2) is 0 Å². The monoisotopic (exact) mass is 259 g/mol. The fourth-order valence-electron chi connectivity index (χ4n) is 1.67. The second-order valence-corrected chi connectivity index (χ2v) is 5.17. The number of alkyl carbamates (subject to hydrolysis) is 1. The van der Waals surface area contributed by atoms with E-state index in [1.54, 1.807) is 0 Å². The molecule has 1 unspecified atom stereocenters. The molecule has 0 aromatic rings. The second kappa shape index (κ2) is 8.78. The number of rotatable bonds is 7. The molecule has 0 bridgehead atoms. The summed E-state index contributed by atoms with van der Waals surface area (Å²) in [6.07, 6.45) is 0.664. The van der Waals surface area contributed by atoms with Crippen LogP contribution in [0.5, 0.6) is 0 Å². The van der Waals surface area contributed by atoms with Crippen molar-refractivity contribution in [2.45, 2.75) is 46.6 Å². The Hall–Kier alpha value is -1.26. The molecule has 106 valence electrons. The van der Waals surface area contributed by atoms with Crippen LogP contribution >= 0.6 is 0 Å². The van der Waals surface area contributed by atoms with Gasteiger partial charge >= 0.3 is 12.1 Å². The maximum atomic E-state index is 11.3. The highest BCUT2D eigenvalue weighted by Crippen LogP contribution is 2.16. The number of ether oxygens (including phenoxy) is 2. The summed E-state index contributed by atoms with van der Waals surface area (Å²) >= 11 is 0. The Morgan fingerprint density at radius 1 is 1.17 bits per heavy atom. The molecule has 1 atom stereocenters. The van der Waals surface area contributed by atoms with Crippen molar-refractivity contribution in [2.24, 2.45) is 11.8 Å². The highest BCUT2D eigenvalue weighted by Gasteiger charge is 2.18. The van der Waals surface area contributed by atoms with Crippen molar-refractivity contribution in [3.8, 4) is 0 Å². The minimum absolute atomic E-state index is 0.00959. The smallest absolute Gasteiger partial charge is 0.407 e. The van der Waals surface area contributed by atoms with Gasteiger partial charge in [0.1, 0.15) is 0 Å². The fraction of sp³-hybridized carbons (Fsp3) is 0.846. The fourth-order valence-corrected chi connectivity index (χ4v) is 1.67. The van der Waals surface area contributed by atoms with Gasteiger partial charge in [-0.05, 0) is 26.2 Å². The van der Waals surface area contributed by atoms with Crippen LogP contribution in [0.1, 0.15) is 40.5 Å². The number of hydrogen-bond donors (Lipinski definition) is 1. The number of esters is 1. The van der Waals surface area contributed by atoms with Gasteiger partial charge < -0.3 is 14.8 Å². The van der Waals surface area contributed by atoms with Crippen molar-refractivity contribution >= 4 is 12.1 Å². The summed E-state index contributed by atoms with van der Waals surface area (Å²) in [6, 6.07) is 0.0432. The van der Waals surface area contributed by atoms with Gasteiger partial charge in [0, 0.05) is 12.0 Å². The van der Waals surface area contributed by atoms with Crippen molar-refractivity contribution in [1.29, 1.82) is 0 Å². The zero-order valence-electron chi connectivity index (χ0n) is 12.0. The molecule has 0 saturated heterocycles. The molecule has 0 radical (unpaired) electrons. The summed E-state index contributed by atoms with van der Waals surface area (Å²) in [4.78, 5) is 22.6. The average Bonchev–Trinajstić information content (AvgIpc) is 2.24. The van der Waals surface area contributed by atoms with Crippen LogP contribution in [0.25, 0.3) is 0 Å². The molecule has 1 amide bonds. The molecule has 0 aromatic heterocycles. The number of nitrogens with one attached hydrogen (secondary N) is 1. The van der Waals surface area contributed by atoms with Gasteiger partial charge in [-0.2, -0.15) is 0 Å². The van der Waals surface area contributed by atoms with E-state index >= 15 is 0 Å². The summed E-state index contributed by atoms with van der Waals surface area (Å²) < 4.78 is 9.74. The van der Waals surface area contributed by atoms with E-state index in [0.29, 0.717) is 5.92 Å². The Bertz CT molecular complexity index is 264. The van der Waals surface area contributed by atoms with Gasteiger partial charge in [-0.15, -0.1) is 0 Å². The van der Waals surface area contributed by atoms with E-state index in [2.05, 4.69) is 23.9 Å². The van der Waals surface area contributed by atoms with Crippen molar-refractivity contribution in [2.75, 3.05) is 13.7 Å². The Morgan fingerprint density at radius 3 is 2.22 bits per heavy atom. The molecular weight excluding hydrogens is 234 g/mol. The summed E-state index contributed by atoms with van der Waals surface area (Å²) in [6.45, 7) is 8.10. The van der Waals surface area contributed by atoms with Gasteiger partial charge in [-0.3, -0.25) is 4.79 Å². The molecule has 5 nitrogen and oxygen atoms in total. The van der Waals surface area contributed by atoms with E-state index in [4.69, 9.17) is 4.74 Å². The first-order chi connectivity index (χ1) is 8.35. The molecule has 18 heavy (non-hydrogen) atoms. The first kappa shape index (κ1) is 16.7. The van der Waals surface area contributed by atoms with Crippen molar-refractivity contribution in [3.05, 3.63) is 0 Å². The van der Waals surface area contributed by atoms with Gasteiger partial charge in [0.05, 0.1) is 20.1 Å². The van der Waals surface area contributed by atoms with Crippen molar-refractivity contribution < 1.29 is 19.1 Å². The summed E-state index contributed by atoms with van der Waals surface area (Å²) in [5, 5.41) is 2.64. The van der Waals surface area contributed by atoms with E-state index in [-0.39, 0.29) is 31.0 Å². The van der Waals surface area contributed by atoms with Crippen LogP contribution in [0.4, 0.5) is 4.79 Å². The van der Waals surface area contributed by atoms with Gasteiger partial charge in [-0.25, -0.2) is 4.79 Å². The molecule has 0 aromatic carbocycles. The van der Waals surface area contributed by atoms with E-state index in [1.165, 1.54) is 7.11 Å². The minimum Gasteiger partial charge on any atom is -0.469 e. The lowest BCUT2D eigenvalue weighted by Gasteiger charge is -2.18. The third-order valence-electron chi connectivity index (χ3n) is 2.34. The number of hydrogen-bond acceptors (Lipinski definition) is 4. The molecule has 0 aliphatic heterocycles. The minimum atomic E-state index is -0.441. The van der Waals surface area contributed by atoms with Crippen molar-refractivity contribution in [3.63, 3.8) is 0 Å². The molecule has 0 saturated carbocycles. The normalized spacial score (nSPS) is 12.4. The lowest BCUT2D eigenvalue weighted by Crippen LogP contribution is -2.32. The van der Waals surface area contributed by atoms with Crippen LogP contribution < -0.4 is 5.32 Å². The van der Waals surface area contributed by atoms with Crippen LogP contribution in [-0.4, -0.2) is 31.8 Å². The zero-order valence-corrected chi connectivity index (χ0v) is 12.0. The number of amides is 1. The van der Waals surface area contributed by atoms with E-state index < -0.39 is 6.09 Å². The summed E-state index contributed by atoms with van der Waals surface area (Å²) in [5.74, 6) is 0.181.